The summed E-state index contributed by atoms with van der Waals surface area (Å²) >= 11 is 0. The van der Waals surface area contributed by atoms with Gasteiger partial charge in [0.1, 0.15) is 0 Å². The zero-order valence-corrected chi connectivity index (χ0v) is 22.5. The molecule has 4 unspecified atom stereocenters. The first-order valence-corrected chi connectivity index (χ1v) is 19.3. The molecule has 4 rings (SSSR count). The van der Waals surface area contributed by atoms with Crippen molar-refractivity contribution in [1.82, 2.24) is 0 Å². The molecule has 6 atom stereocenters. The number of hydrogen-bond donors (Lipinski definition) is 0. The summed E-state index contributed by atoms with van der Waals surface area (Å²) in [6.45, 7) is 19.2. The predicted molar refractivity (Wildman–Crippen MR) is 128 cm³/mol. The van der Waals surface area contributed by atoms with Gasteiger partial charge in [0.05, 0.1) is 11.4 Å². The van der Waals surface area contributed by atoms with Crippen LogP contribution >= 0.6 is 0 Å². The SMILES string of the molecule is C[C@]12CCC3C4CCCC(O[Si](C)(C)C)=C4CCC3C1CC[C@]2(C)O[Si](C)(C)C. The van der Waals surface area contributed by atoms with Gasteiger partial charge in [0.25, 0.3) is 0 Å². The molecule has 0 amide bonds. The van der Waals surface area contributed by atoms with Gasteiger partial charge in [0.15, 0.2) is 8.32 Å². The van der Waals surface area contributed by atoms with E-state index in [9.17, 15) is 0 Å². The molecule has 29 heavy (non-hydrogen) atoms. The van der Waals surface area contributed by atoms with E-state index in [4.69, 9.17) is 8.85 Å². The largest absolute Gasteiger partial charge is 0.547 e. The van der Waals surface area contributed by atoms with E-state index >= 15 is 0 Å². The summed E-state index contributed by atoms with van der Waals surface area (Å²) in [5, 5.41) is 0. The molecule has 0 bridgehead atoms. The molecule has 0 aromatic carbocycles. The average Bonchev–Trinajstić information content (AvgIpc) is 2.83. The van der Waals surface area contributed by atoms with Crippen LogP contribution in [0.5, 0.6) is 0 Å². The number of fused-ring (bicyclic) bond motifs is 5. The number of allylic oxidation sites excluding steroid dienone is 2. The summed E-state index contributed by atoms with van der Waals surface area (Å²) in [4.78, 5) is 0. The van der Waals surface area contributed by atoms with E-state index in [1.165, 1.54) is 63.5 Å². The Hall–Kier alpha value is -0.0662. The molecule has 2 nitrogen and oxygen atoms in total. The van der Waals surface area contributed by atoms with Crippen LogP contribution in [0, 0.1) is 29.1 Å². The minimum absolute atomic E-state index is 0.0991. The summed E-state index contributed by atoms with van der Waals surface area (Å²) in [7, 11) is -3.05. The van der Waals surface area contributed by atoms with Crippen LogP contribution in [0.2, 0.25) is 39.3 Å². The van der Waals surface area contributed by atoms with Gasteiger partial charge < -0.3 is 8.85 Å². The lowest BCUT2D eigenvalue weighted by molar-refractivity contribution is -0.0972. The van der Waals surface area contributed by atoms with E-state index < -0.39 is 16.6 Å². The van der Waals surface area contributed by atoms with Gasteiger partial charge in [0.2, 0.25) is 8.32 Å². The molecule has 0 saturated heterocycles. The smallest absolute Gasteiger partial charge is 0.241 e. The molecule has 0 heterocycles. The van der Waals surface area contributed by atoms with Crippen molar-refractivity contribution in [1.29, 1.82) is 0 Å². The van der Waals surface area contributed by atoms with Crippen molar-refractivity contribution >= 4 is 16.6 Å². The fraction of sp³-hybridized carbons (Fsp3) is 0.920. The Morgan fingerprint density at radius 1 is 0.793 bits per heavy atom. The molecule has 0 aromatic rings. The Morgan fingerprint density at radius 3 is 2.17 bits per heavy atom. The maximum atomic E-state index is 6.93. The highest BCUT2D eigenvalue weighted by molar-refractivity contribution is 6.70. The molecule has 0 N–H and O–H groups in total. The second kappa shape index (κ2) is 7.23. The standard InChI is InChI=1S/C25H46O2Si2/c1-24-16-14-19-18-10-9-11-23(26-28(3,4)5)21(18)13-12-20(19)22(24)15-17-25(24,2)27-29(6,7)8/h18-20,22H,9-17H2,1-8H3/t18?,19?,20?,22?,24-,25-/m0/s1. The molecule has 0 aromatic heterocycles. The van der Waals surface area contributed by atoms with Crippen molar-refractivity contribution in [3.8, 4) is 0 Å². The van der Waals surface area contributed by atoms with Gasteiger partial charge >= 0.3 is 0 Å². The minimum Gasteiger partial charge on any atom is -0.547 e. The molecular formula is C25H46O2Si2. The normalized spacial score (nSPS) is 42.9. The van der Waals surface area contributed by atoms with Crippen LogP contribution in [0.15, 0.2) is 11.3 Å². The van der Waals surface area contributed by atoms with Gasteiger partial charge in [-0.15, -0.1) is 0 Å². The molecule has 0 aliphatic heterocycles. The Labute approximate surface area is 182 Å². The topological polar surface area (TPSA) is 18.5 Å². The van der Waals surface area contributed by atoms with Gasteiger partial charge in [-0.2, -0.15) is 0 Å². The van der Waals surface area contributed by atoms with Gasteiger partial charge in [-0.3, -0.25) is 0 Å². The highest BCUT2D eigenvalue weighted by Crippen LogP contribution is 2.66. The Bertz CT molecular complexity index is 673. The van der Waals surface area contributed by atoms with Crippen LogP contribution in [0.25, 0.3) is 0 Å². The lowest BCUT2D eigenvalue weighted by atomic mass is 9.50. The summed E-state index contributed by atoms with van der Waals surface area (Å²) in [5.74, 6) is 4.95. The fourth-order valence-corrected chi connectivity index (χ4v) is 10.6. The maximum Gasteiger partial charge on any atom is 0.241 e. The van der Waals surface area contributed by atoms with Crippen LogP contribution in [-0.2, 0) is 8.85 Å². The quantitative estimate of drug-likeness (QED) is 0.421. The highest BCUT2D eigenvalue weighted by Gasteiger charge is 2.62. The molecule has 0 spiro atoms. The van der Waals surface area contributed by atoms with Gasteiger partial charge in [-0.25, -0.2) is 0 Å². The van der Waals surface area contributed by atoms with Gasteiger partial charge in [-0.05, 0) is 132 Å². The lowest BCUT2D eigenvalue weighted by Crippen LogP contribution is -2.55. The molecule has 0 radical (unpaired) electrons. The minimum atomic E-state index is -1.54. The second-order valence-electron chi connectivity index (χ2n) is 13.1. The monoisotopic (exact) mass is 434 g/mol. The number of rotatable bonds is 4. The van der Waals surface area contributed by atoms with Gasteiger partial charge in [0, 0.05) is 6.42 Å². The van der Waals surface area contributed by atoms with Gasteiger partial charge in [-0.1, -0.05) is 6.92 Å². The Kier molecular flexibility index (Phi) is 5.52. The predicted octanol–water partition coefficient (Wildman–Crippen LogP) is 7.74. The first-order valence-electron chi connectivity index (χ1n) is 12.4. The van der Waals surface area contributed by atoms with Crippen molar-refractivity contribution in [3.05, 3.63) is 11.3 Å². The molecule has 166 valence electrons. The molecule has 4 heteroatoms. The fourth-order valence-electron chi connectivity index (χ4n) is 7.93. The van der Waals surface area contributed by atoms with E-state index in [1.54, 1.807) is 5.57 Å². The van der Waals surface area contributed by atoms with E-state index in [-0.39, 0.29) is 5.60 Å². The molecule has 3 fully saturated rings. The third-order valence-electron chi connectivity index (χ3n) is 8.97. The van der Waals surface area contributed by atoms with Crippen molar-refractivity contribution < 1.29 is 8.85 Å². The van der Waals surface area contributed by atoms with Crippen molar-refractivity contribution in [2.45, 2.75) is 117 Å². The first-order chi connectivity index (χ1) is 13.3. The summed E-state index contributed by atoms with van der Waals surface area (Å²) in [5.41, 5.74) is 2.23. The van der Waals surface area contributed by atoms with E-state index in [1.807, 2.05) is 0 Å². The van der Waals surface area contributed by atoms with Crippen molar-refractivity contribution in [2.24, 2.45) is 29.1 Å². The Morgan fingerprint density at radius 2 is 1.52 bits per heavy atom. The maximum absolute atomic E-state index is 6.93. The van der Waals surface area contributed by atoms with E-state index in [0.29, 0.717) is 5.41 Å². The van der Waals surface area contributed by atoms with Crippen LogP contribution in [0.3, 0.4) is 0 Å². The third kappa shape index (κ3) is 3.95. The first kappa shape index (κ1) is 22.1. The van der Waals surface area contributed by atoms with Crippen LogP contribution < -0.4 is 0 Å². The van der Waals surface area contributed by atoms with Crippen LogP contribution in [0.4, 0.5) is 0 Å². The highest BCUT2D eigenvalue weighted by atomic mass is 28.4. The molecular weight excluding hydrogens is 388 g/mol. The van der Waals surface area contributed by atoms with Crippen LogP contribution in [-0.4, -0.2) is 22.2 Å². The Balaban J connectivity index is 1.58. The van der Waals surface area contributed by atoms with Crippen molar-refractivity contribution in [3.63, 3.8) is 0 Å². The van der Waals surface area contributed by atoms with Crippen molar-refractivity contribution in [2.75, 3.05) is 0 Å². The zero-order chi connectivity index (χ0) is 21.2. The average molecular weight is 435 g/mol. The summed E-state index contributed by atoms with van der Waals surface area (Å²) in [6, 6.07) is 0. The zero-order valence-electron chi connectivity index (χ0n) is 20.5. The molecule has 4 aliphatic carbocycles. The molecule has 3 saturated carbocycles. The number of hydrogen-bond acceptors (Lipinski definition) is 2. The van der Waals surface area contributed by atoms with E-state index in [2.05, 4.69) is 53.1 Å². The third-order valence-corrected chi connectivity index (χ3v) is 10.9. The molecule has 4 aliphatic rings. The van der Waals surface area contributed by atoms with Crippen LogP contribution in [0.1, 0.15) is 71.6 Å². The van der Waals surface area contributed by atoms with E-state index in [0.717, 1.165) is 23.7 Å². The lowest BCUT2D eigenvalue weighted by Gasteiger charge is -2.57. The summed E-state index contributed by atoms with van der Waals surface area (Å²) in [6.07, 6.45) is 12.1. The second-order valence-corrected chi connectivity index (χ2v) is 21.9. The summed E-state index contributed by atoms with van der Waals surface area (Å²) < 4.78 is 13.6.